The van der Waals surface area contributed by atoms with Crippen LogP contribution in [0, 0.1) is 0 Å². The van der Waals surface area contributed by atoms with Crippen LogP contribution in [0.3, 0.4) is 0 Å². The molecule has 1 unspecified atom stereocenters. The average Bonchev–Trinajstić information content (AvgIpc) is 2.49. The number of aromatic nitrogens is 1. The largest absolute Gasteiger partial charge is 0.391 e. The highest BCUT2D eigenvalue weighted by molar-refractivity contribution is 6.30. The molecule has 0 saturated carbocycles. The molecule has 0 aromatic carbocycles. The molecular weight excluding hydrogens is 216 g/mol. The summed E-state index contributed by atoms with van der Waals surface area (Å²) in [5.74, 6) is -0.0394. The smallest absolute Gasteiger partial charge is 0.225 e. The molecule has 1 fully saturated rings. The van der Waals surface area contributed by atoms with Crippen molar-refractivity contribution in [3.8, 4) is 0 Å². The molecule has 1 N–H and O–H groups in total. The molecular formula is C10H11ClN2O2. The molecule has 1 atom stereocenters. The first-order chi connectivity index (χ1) is 7.16. The first-order valence-electron chi connectivity index (χ1n) is 4.72. The van der Waals surface area contributed by atoms with Crippen LogP contribution in [-0.2, 0) is 11.3 Å². The molecule has 0 spiro atoms. The number of carbonyl (C=O) groups excluding carboxylic acids is 1. The number of pyridine rings is 1. The summed E-state index contributed by atoms with van der Waals surface area (Å²) in [6.07, 6.45) is 1.26. The van der Waals surface area contributed by atoms with E-state index >= 15 is 0 Å². The van der Waals surface area contributed by atoms with Gasteiger partial charge < -0.3 is 10.0 Å². The molecule has 1 aliphatic heterocycles. The Morgan fingerprint density at radius 3 is 3.07 bits per heavy atom. The van der Waals surface area contributed by atoms with Crippen molar-refractivity contribution in [1.29, 1.82) is 0 Å². The maximum Gasteiger partial charge on any atom is 0.225 e. The number of aliphatic hydroxyl groups is 1. The van der Waals surface area contributed by atoms with Crippen molar-refractivity contribution in [3.05, 3.63) is 29.0 Å². The van der Waals surface area contributed by atoms with Crippen LogP contribution in [0.2, 0.25) is 5.15 Å². The second kappa shape index (κ2) is 4.16. The highest BCUT2D eigenvalue weighted by atomic mass is 35.5. The van der Waals surface area contributed by atoms with Crippen molar-refractivity contribution in [3.63, 3.8) is 0 Å². The van der Waals surface area contributed by atoms with Crippen LogP contribution >= 0.6 is 11.6 Å². The Hall–Kier alpha value is -1.13. The zero-order chi connectivity index (χ0) is 10.8. The molecule has 1 amide bonds. The molecule has 1 aliphatic rings. The maximum atomic E-state index is 11.4. The topological polar surface area (TPSA) is 53.4 Å². The predicted octanol–water partition coefficient (Wildman–Crippen LogP) is 0.828. The van der Waals surface area contributed by atoms with E-state index in [1.54, 1.807) is 17.2 Å². The fourth-order valence-electron chi connectivity index (χ4n) is 1.65. The number of likely N-dealkylation sites (tertiary alicyclic amines) is 1. The number of hydrogen-bond acceptors (Lipinski definition) is 3. The van der Waals surface area contributed by atoms with E-state index in [4.69, 9.17) is 11.6 Å². The van der Waals surface area contributed by atoms with Gasteiger partial charge in [0.2, 0.25) is 5.91 Å². The summed E-state index contributed by atoms with van der Waals surface area (Å²) in [5, 5.41) is 9.72. The van der Waals surface area contributed by atoms with E-state index in [1.807, 2.05) is 6.07 Å². The summed E-state index contributed by atoms with van der Waals surface area (Å²) in [4.78, 5) is 16.9. The van der Waals surface area contributed by atoms with E-state index in [-0.39, 0.29) is 12.3 Å². The second-order valence-corrected chi connectivity index (χ2v) is 3.94. The summed E-state index contributed by atoms with van der Waals surface area (Å²) < 4.78 is 0. The number of carbonyl (C=O) groups is 1. The highest BCUT2D eigenvalue weighted by Crippen LogP contribution is 2.18. The third kappa shape index (κ3) is 2.27. The van der Waals surface area contributed by atoms with Gasteiger partial charge in [-0.05, 0) is 6.07 Å². The van der Waals surface area contributed by atoms with Gasteiger partial charge in [0.05, 0.1) is 12.5 Å². The molecule has 0 bridgehead atoms. The van der Waals surface area contributed by atoms with Gasteiger partial charge in [0.15, 0.2) is 0 Å². The van der Waals surface area contributed by atoms with Gasteiger partial charge in [-0.2, -0.15) is 0 Å². The number of aliphatic hydroxyl groups excluding tert-OH is 1. The molecule has 80 valence electrons. The van der Waals surface area contributed by atoms with Crippen LogP contribution < -0.4 is 0 Å². The minimum atomic E-state index is -0.548. The lowest BCUT2D eigenvalue weighted by atomic mass is 10.2. The number of rotatable bonds is 2. The summed E-state index contributed by atoms with van der Waals surface area (Å²) >= 11 is 5.88. The van der Waals surface area contributed by atoms with Crippen LogP contribution in [0.15, 0.2) is 18.3 Å². The van der Waals surface area contributed by atoms with Crippen LogP contribution in [0.5, 0.6) is 0 Å². The van der Waals surface area contributed by atoms with E-state index in [9.17, 15) is 9.90 Å². The van der Waals surface area contributed by atoms with E-state index in [2.05, 4.69) is 4.98 Å². The third-order valence-electron chi connectivity index (χ3n) is 2.39. The Balaban J connectivity index is 2.09. The molecule has 0 radical (unpaired) electrons. The molecule has 2 heterocycles. The third-order valence-corrected chi connectivity index (χ3v) is 2.73. The van der Waals surface area contributed by atoms with Crippen LogP contribution in [0.25, 0.3) is 0 Å². The first-order valence-corrected chi connectivity index (χ1v) is 5.10. The van der Waals surface area contributed by atoms with E-state index in [0.29, 0.717) is 18.2 Å². The van der Waals surface area contributed by atoms with Crippen molar-refractivity contribution >= 4 is 17.5 Å². The lowest BCUT2D eigenvalue weighted by molar-refractivity contribution is -0.128. The van der Waals surface area contributed by atoms with Gasteiger partial charge in [-0.1, -0.05) is 17.7 Å². The van der Waals surface area contributed by atoms with Crippen molar-refractivity contribution in [1.82, 2.24) is 9.88 Å². The normalized spacial score (nSPS) is 21.1. The van der Waals surface area contributed by atoms with Crippen LogP contribution in [0.4, 0.5) is 0 Å². The van der Waals surface area contributed by atoms with Gasteiger partial charge in [-0.15, -0.1) is 0 Å². The summed E-state index contributed by atoms with van der Waals surface area (Å²) in [6, 6.07) is 3.60. The highest BCUT2D eigenvalue weighted by Gasteiger charge is 2.28. The number of nitrogens with zero attached hydrogens (tertiary/aromatic N) is 2. The minimum Gasteiger partial charge on any atom is -0.391 e. The van der Waals surface area contributed by atoms with Crippen molar-refractivity contribution < 1.29 is 9.90 Å². The molecule has 4 nitrogen and oxygen atoms in total. The number of amides is 1. The molecule has 0 aliphatic carbocycles. The van der Waals surface area contributed by atoms with E-state index in [0.717, 1.165) is 5.56 Å². The van der Waals surface area contributed by atoms with Gasteiger partial charge in [0, 0.05) is 24.8 Å². The second-order valence-electron chi connectivity index (χ2n) is 3.59. The van der Waals surface area contributed by atoms with Gasteiger partial charge in [-0.25, -0.2) is 4.98 Å². The monoisotopic (exact) mass is 226 g/mol. The predicted molar refractivity (Wildman–Crippen MR) is 55.3 cm³/mol. The zero-order valence-corrected chi connectivity index (χ0v) is 8.81. The fraction of sp³-hybridized carbons (Fsp3) is 0.400. The summed E-state index contributed by atoms with van der Waals surface area (Å²) in [6.45, 7) is 0.798. The van der Waals surface area contributed by atoms with Gasteiger partial charge >= 0.3 is 0 Å². The Morgan fingerprint density at radius 1 is 1.67 bits per heavy atom. The maximum absolute atomic E-state index is 11.4. The van der Waals surface area contributed by atoms with Crippen LogP contribution in [-0.4, -0.2) is 33.5 Å². The molecule has 1 saturated heterocycles. The number of β-amino-alcohol motifs (C(OH)–C–C–N with tert-alkyl or cyclic N) is 1. The van der Waals surface area contributed by atoms with E-state index in [1.165, 1.54) is 0 Å². The molecule has 5 heteroatoms. The Bertz CT molecular complexity index is 383. The average molecular weight is 227 g/mol. The molecule has 1 aromatic heterocycles. The van der Waals surface area contributed by atoms with E-state index < -0.39 is 6.10 Å². The van der Waals surface area contributed by atoms with Crippen molar-refractivity contribution in [2.24, 2.45) is 0 Å². The first kappa shape index (κ1) is 10.4. The zero-order valence-electron chi connectivity index (χ0n) is 8.06. The van der Waals surface area contributed by atoms with Crippen molar-refractivity contribution in [2.75, 3.05) is 6.54 Å². The minimum absolute atomic E-state index is 0.0394. The Morgan fingerprint density at radius 2 is 2.47 bits per heavy atom. The Kier molecular flexibility index (Phi) is 2.88. The summed E-state index contributed by atoms with van der Waals surface area (Å²) in [7, 11) is 0. The Labute approximate surface area is 92.5 Å². The summed E-state index contributed by atoms with van der Waals surface area (Å²) in [5.41, 5.74) is 0.807. The SMILES string of the molecule is O=C1CC(O)CN1Cc1cccnc1Cl. The van der Waals surface area contributed by atoms with Gasteiger partial charge in [0.1, 0.15) is 5.15 Å². The quantitative estimate of drug-likeness (QED) is 0.760. The molecule has 1 aromatic rings. The molecule has 2 rings (SSSR count). The van der Waals surface area contributed by atoms with Gasteiger partial charge in [0.25, 0.3) is 0 Å². The van der Waals surface area contributed by atoms with Gasteiger partial charge in [-0.3, -0.25) is 4.79 Å². The standard InChI is InChI=1S/C10H11ClN2O2/c11-10-7(2-1-3-12-10)5-13-6-8(14)4-9(13)15/h1-3,8,14H,4-6H2. The number of halogens is 1. The lowest BCUT2D eigenvalue weighted by Gasteiger charge is -2.15. The van der Waals surface area contributed by atoms with Crippen LogP contribution in [0.1, 0.15) is 12.0 Å². The lowest BCUT2D eigenvalue weighted by Crippen LogP contribution is -2.25. The van der Waals surface area contributed by atoms with Crippen molar-refractivity contribution in [2.45, 2.75) is 19.1 Å². The number of hydrogen-bond donors (Lipinski definition) is 1. The fourth-order valence-corrected chi connectivity index (χ4v) is 1.83. The molecule has 15 heavy (non-hydrogen) atoms.